The molecule has 0 aliphatic carbocycles. The van der Waals surface area contributed by atoms with E-state index in [0.29, 0.717) is 24.8 Å². The molecule has 0 aromatic heterocycles. The summed E-state index contributed by atoms with van der Waals surface area (Å²) < 4.78 is 11.2. The lowest BCUT2D eigenvalue weighted by Gasteiger charge is -2.11. The minimum Gasteiger partial charge on any atom is -0.494 e. The molecule has 5 heteroatoms. The molecule has 0 heterocycles. The summed E-state index contributed by atoms with van der Waals surface area (Å²) >= 11 is 0. The van der Waals surface area contributed by atoms with Gasteiger partial charge in [-0.05, 0) is 36.6 Å². The number of benzene rings is 2. The predicted octanol–water partition coefficient (Wildman–Crippen LogP) is 4.73. The van der Waals surface area contributed by atoms with Crippen LogP contribution in [-0.2, 0) is 4.79 Å². The van der Waals surface area contributed by atoms with E-state index in [1.54, 1.807) is 6.08 Å². The van der Waals surface area contributed by atoms with Gasteiger partial charge in [-0.1, -0.05) is 38.6 Å². The second-order valence-corrected chi connectivity index (χ2v) is 6.59. The molecule has 2 rings (SSSR count). The molecule has 0 atom stereocenters. The Morgan fingerprint density at radius 1 is 1.07 bits per heavy atom. The molecule has 5 nitrogen and oxygen atoms in total. The van der Waals surface area contributed by atoms with Crippen molar-refractivity contribution in [2.24, 2.45) is 5.92 Å². The fourth-order valence-electron chi connectivity index (χ4n) is 2.31. The minimum absolute atomic E-state index is 0.133. The van der Waals surface area contributed by atoms with Gasteiger partial charge in [-0.2, -0.15) is 0 Å². The zero-order chi connectivity index (χ0) is 19.5. The monoisotopic (exact) mass is 368 g/mol. The SMILES string of the molecule is C=CCOc1cccc(NCC(=O)Nc2cccc(OCCC(C)C)c2)c1. The largest absolute Gasteiger partial charge is 0.494 e. The van der Waals surface area contributed by atoms with E-state index < -0.39 is 0 Å². The minimum atomic E-state index is -0.133. The fraction of sp³-hybridized carbons (Fsp3) is 0.318. The summed E-state index contributed by atoms with van der Waals surface area (Å²) in [6, 6.07) is 14.9. The van der Waals surface area contributed by atoms with Crippen LogP contribution in [-0.4, -0.2) is 25.7 Å². The van der Waals surface area contributed by atoms with Crippen molar-refractivity contribution >= 4 is 17.3 Å². The Morgan fingerprint density at radius 3 is 2.44 bits per heavy atom. The van der Waals surface area contributed by atoms with Gasteiger partial charge >= 0.3 is 0 Å². The van der Waals surface area contributed by atoms with Crippen LogP contribution in [0.1, 0.15) is 20.3 Å². The van der Waals surface area contributed by atoms with Gasteiger partial charge < -0.3 is 20.1 Å². The number of nitrogens with one attached hydrogen (secondary N) is 2. The molecule has 0 fully saturated rings. The maximum absolute atomic E-state index is 12.2. The fourth-order valence-corrected chi connectivity index (χ4v) is 2.31. The zero-order valence-electron chi connectivity index (χ0n) is 16.0. The average molecular weight is 368 g/mol. The molecule has 0 radical (unpaired) electrons. The first-order chi connectivity index (χ1) is 13.1. The molecule has 0 saturated carbocycles. The molecule has 0 aliphatic heterocycles. The average Bonchev–Trinajstić information content (AvgIpc) is 2.65. The molecule has 0 bridgehead atoms. The van der Waals surface area contributed by atoms with Gasteiger partial charge in [0.15, 0.2) is 0 Å². The van der Waals surface area contributed by atoms with Crippen molar-refractivity contribution in [3.05, 3.63) is 61.2 Å². The zero-order valence-corrected chi connectivity index (χ0v) is 16.0. The summed E-state index contributed by atoms with van der Waals surface area (Å²) in [4.78, 5) is 12.2. The molecule has 0 aliphatic rings. The topological polar surface area (TPSA) is 59.6 Å². The van der Waals surface area contributed by atoms with Crippen molar-refractivity contribution in [2.45, 2.75) is 20.3 Å². The van der Waals surface area contributed by atoms with Crippen LogP contribution in [0, 0.1) is 5.92 Å². The van der Waals surface area contributed by atoms with E-state index in [2.05, 4.69) is 31.1 Å². The van der Waals surface area contributed by atoms with Crippen LogP contribution in [0.2, 0.25) is 0 Å². The number of hydrogen-bond acceptors (Lipinski definition) is 4. The van der Waals surface area contributed by atoms with E-state index in [1.807, 2.05) is 48.5 Å². The van der Waals surface area contributed by atoms with Crippen molar-refractivity contribution in [3.8, 4) is 11.5 Å². The number of ether oxygens (including phenoxy) is 2. The van der Waals surface area contributed by atoms with Crippen LogP contribution in [0.4, 0.5) is 11.4 Å². The third-order valence-electron chi connectivity index (χ3n) is 3.74. The Kier molecular flexibility index (Phi) is 8.23. The van der Waals surface area contributed by atoms with Crippen LogP contribution in [0.25, 0.3) is 0 Å². The Labute approximate surface area is 161 Å². The van der Waals surface area contributed by atoms with E-state index in [9.17, 15) is 4.79 Å². The van der Waals surface area contributed by atoms with Crippen molar-refractivity contribution in [1.29, 1.82) is 0 Å². The molecular weight excluding hydrogens is 340 g/mol. The third-order valence-corrected chi connectivity index (χ3v) is 3.74. The first-order valence-corrected chi connectivity index (χ1v) is 9.17. The van der Waals surface area contributed by atoms with Gasteiger partial charge in [0.25, 0.3) is 0 Å². The summed E-state index contributed by atoms with van der Waals surface area (Å²) in [5.41, 5.74) is 1.53. The van der Waals surface area contributed by atoms with Crippen LogP contribution >= 0.6 is 0 Å². The second-order valence-electron chi connectivity index (χ2n) is 6.59. The second kappa shape index (κ2) is 10.9. The van der Waals surface area contributed by atoms with Gasteiger partial charge in [0.1, 0.15) is 18.1 Å². The van der Waals surface area contributed by atoms with Gasteiger partial charge in [0.05, 0.1) is 13.2 Å². The normalized spacial score (nSPS) is 10.3. The predicted molar refractivity (Wildman–Crippen MR) is 111 cm³/mol. The summed E-state index contributed by atoms with van der Waals surface area (Å²) in [5, 5.41) is 5.97. The number of carbonyl (C=O) groups is 1. The molecule has 2 aromatic rings. The van der Waals surface area contributed by atoms with E-state index in [1.165, 1.54) is 0 Å². The van der Waals surface area contributed by atoms with Gasteiger partial charge in [-0.3, -0.25) is 4.79 Å². The van der Waals surface area contributed by atoms with Gasteiger partial charge in [0, 0.05) is 23.5 Å². The Bertz CT molecular complexity index is 744. The molecule has 0 saturated heterocycles. The maximum atomic E-state index is 12.2. The molecule has 1 amide bonds. The van der Waals surface area contributed by atoms with Crippen molar-refractivity contribution in [2.75, 3.05) is 30.4 Å². The molecule has 0 unspecified atom stereocenters. The molecular formula is C22H28N2O3. The standard InChI is InChI=1S/C22H28N2O3/c1-4-12-26-20-9-5-7-18(14-20)23-16-22(25)24-19-8-6-10-21(15-19)27-13-11-17(2)3/h4-10,14-15,17,23H,1,11-13,16H2,2-3H3,(H,24,25). The van der Waals surface area contributed by atoms with Gasteiger partial charge in [-0.25, -0.2) is 0 Å². The first-order valence-electron chi connectivity index (χ1n) is 9.17. The quantitative estimate of drug-likeness (QED) is 0.563. The molecule has 0 spiro atoms. The van der Waals surface area contributed by atoms with Gasteiger partial charge in [-0.15, -0.1) is 0 Å². The highest BCUT2D eigenvalue weighted by molar-refractivity contribution is 5.93. The van der Waals surface area contributed by atoms with Crippen molar-refractivity contribution in [1.82, 2.24) is 0 Å². The van der Waals surface area contributed by atoms with Gasteiger partial charge in [0.2, 0.25) is 5.91 Å². The number of hydrogen-bond donors (Lipinski definition) is 2. The van der Waals surface area contributed by atoms with E-state index >= 15 is 0 Å². The number of rotatable bonds is 11. The lowest BCUT2D eigenvalue weighted by atomic mass is 10.1. The lowest BCUT2D eigenvalue weighted by molar-refractivity contribution is -0.114. The Balaban J connectivity index is 1.82. The van der Waals surface area contributed by atoms with Crippen LogP contribution in [0.3, 0.4) is 0 Å². The summed E-state index contributed by atoms with van der Waals surface area (Å²) in [6.07, 6.45) is 2.68. The van der Waals surface area contributed by atoms with Crippen molar-refractivity contribution in [3.63, 3.8) is 0 Å². The van der Waals surface area contributed by atoms with Crippen LogP contribution < -0.4 is 20.1 Å². The highest BCUT2D eigenvalue weighted by Gasteiger charge is 2.05. The summed E-state index contributed by atoms with van der Waals surface area (Å²) in [5.74, 6) is 1.95. The lowest BCUT2D eigenvalue weighted by Crippen LogP contribution is -2.21. The Hall–Kier alpha value is -2.95. The first kappa shape index (κ1) is 20.4. The molecule has 2 N–H and O–H groups in total. The Morgan fingerprint density at radius 2 is 1.74 bits per heavy atom. The molecule has 27 heavy (non-hydrogen) atoms. The molecule has 144 valence electrons. The third kappa shape index (κ3) is 7.86. The van der Waals surface area contributed by atoms with Crippen LogP contribution in [0.15, 0.2) is 61.2 Å². The van der Waals surface area contributed by atoms with E-state index in [-0.39, 0.29) is 12.5 Å². The number of anilines is 2. The van der Waals surface area contributed by atoms with E-state index in [4.69, 9.17) is 9.47 Å². The van der Waals surface area contributed by atoms with Crippen molar-refractivity contribution < 1.29 is 14.3 Å². The van der Waals surface area contributed by atoms with E-state index in [0.717, 1.165) is 23.6 Å². The maximum Gasteiger partial charge on any atom is 0.243 e. The highest BCUT2D eigenvalue weighted by atomic mass is 16.5. The smallest absolute Gasteiger partial charge is 0.243 e. The molecule has 2 aromatic carbocycles. The number of amides is 1. The highest BCUT2D eigenvalue weighted by Crippen LogP contribution is 2.19. The summed E-state index contributed by atoms with van der Waals surface area (Å²) in [7, 11) is 0. The summed E-state index contributed by atoms with van der Waals surface area (Å²) in [6.45, 7) is 9.21. The number of carbonyl (C=O) groups excluding carboxylic acids is 1. The van der Waals surface area contributed by atoms with Crippen LogP contribution in [0.5, 0.6) is 11.5 Å².